The van der Waals surface area contributed by atoms with E-state index >= 15 is 0 Å². The summed E-state index contributed by atoms with van der Waals surface area (Å²) < 4.78 is 40.5. The molecule has 0 radical (unpaired) electrons. The Hall–Kier alpha value is -1.07. The van der Waals surface area contributed by atoms with Crippen molar-refractivity contribution in [2.24, 2.45) is 5.73 Å². The predicted octanol–water partition coefficient (Wildman–Crippen LogP) is 2.84. The van der Waals surface area contributed by atoms with Gasteiger partial charge in [0, 0.05) is 12.1 Å². The van der Waals surface area contributed by atoms with Crippen molar-refractivity contribution in [1.29, 1.82) is 0 Å². The molecule has 2 rings (SSSR count). The molecule has 1 aromatic rings. The third-order valence-electron chi connectivity index (χ3n) is 3.56. The lowest BCUT2D eigenvalue weighted by Gasteiger charge is -2.34. The topological polar surface area (TPSA) is 35.2 Å². The van der Waals surface area contributed by atoms with E-state index in [0.717, 1.165) is 12.8 Å². The monoisotopic (exact) mass is 273 g/mol. The highest BCUT2D eigenvalue weighted by atomic mass is 19.4. The van der Waals surface area contributed by atoms with Crippen LogP contribution >= 0.6 is 0 Å². The molecule has 2 N–H and O–H groups in total. The van der Waals surface area contributed by atoms with Crippen molar-refractivity contribution >= 4 is 0 Å². The highest BCUT2D eigenvalue weighted by Gasteiger charge is 2.31. The molecule has 0 spiro atoms. The first-order valence-electron chi connectivity index (χ1n) is 6.38. The molecule has 0 heterocycles. The van der Waals surface area contributed by atoms with Gasteiger partial charge in [0.2, 0.25) is 0 Å². The average molecular weight is 273 g/mol. The second kappa shape index (κ2) is 5.51. The van der Waals surface area contributed by atoms with E-state index in [1.807, 2.05) is 18.2 Å². The maximum Gasteiger partial charge on any atom is 0.411 e. The van der Waals surface area contributed by atoms with Crippen LogP contribution in [0.2, 0.25) is 0 Å². The van der Waals surface area contributed by atoms with Gasteiger partial charge in [-0.05, 0) is 36.8 Å². The number of hydrogen-bond donors (Lipinski definition) is 1. The van der Waals surface area contributed by atoms with E-state index in [4.69, 9.17) is 5.73 Å². The number of benzene rings is 1. The molecule has 1 aromatic carbocycles. The molecule has 0 bridgehead atoms. The van der Waals surface area contributed by atoms with Crippen molar-refractivity contribution in [2.75, 3.05) is 13.2 Å². The van der Waals surface area contributed by atoms with Crippen molar-refractivity contribution in [1.82, 2.24) is 0 Å². The summed E-state index contributed by atoms with van der Waals surface area (Å²) in [5.74, 6) is 0. The highest BCUT2D eigenvalue weighted by Crippen LogP contribution is 2.29. The van der Waals surface area contributed by atoms with Gasteiger partial charge in [-0.1, -0.05) is 24.3 Å². The minimum Gasteiger partial charge on any atom is -0.372 e. The van der Waals surface area contributed by atoms with E-state index in [0.29, 0.717) is 12.8 Å². The smallest absolute Gasteiger partial charge is 0.372 e. The molecule has 106 valence electrons. The van der Waals surface area contributed by atoms with E-state index in [2.05, 4.69) is 10.8 Å². The first-order valence-corrected chi connectivity index (χ1v) is 6.38. The van der Waals surface area contributed by atoms with Gasteiger partial charge < -0.3 is 10.5 Å². The first-order chi connectivity index (χ1) is 8.88. The van der Waals surface area contributed by atoms with Crippen LogP contribution in [-0.2, 0) is 17.6 Å². The summed E-state index contributed by atoms with van der Waals surface area (Å²) >= 11 is 0. The molecular weight excluding hydrogens is 255 g/mol. The van der Waals surface area contributed by atoms with Crippen LogP contribution in [0.5, 0.6) is 0 Å². The molecule has 0 aliphatic heterocycles. The lowest BCUT2D eigenvalue weighted by molar-refractivity contribution is -0.174. The number of nitrogens with two attached hydrogens (primary N) is 1. The zero-order valence-corrected chi connectivity index (χ0v) is 10.7. The fourth-order valence-corrected chi connectivity index (χ4v) is 2.50. The van der Waals surface area contributed by atoms with Crippen LogP contribution in [0.1, 0.15) is 24.0 Å². The second-order valence-electron chi connectivity index (χ2n) is 5.23. The SMILES string of the molecule is NC1(CCOCC(F)(F)F)CCc2ccccc2C1. The lowest BCUT2D eigenvalue weighted by atomic mass is 9.77. The van der Waals surface area contributed by atoms with Crippen molar-refractivity contribution < 1.29 is 17.9 Å². The summed E-state index contributed by atoms with van der Waals surface area (Å²) in [7, 11) is 0. The van der Waals surface area contributed by atoms with Crippen LogP contribution in [0.25, 0.3) is 0 Å². The summed E-state index contributed by atoms with van der Waals surface area (Å²) in [6, 6.07) is 8.07. The minimum atomic E-state index is -4.26. The fraction of sp³-hybridized carbons (Fsp3) is 0.571. The Morgan fingerprint density at radius 2 is 1.89 bits per heavy atom. The Balaban J connectivity index is 1.84. The maximum atomic E-state index is 12.0. The van der Waals surface area contributed by atoms with Gasteiger partial charge >= 0.3 is 6.18 Å². The average Bonchev–Trinajstić information content (AvgIpc) is 2.34. The number of hydrogen-bond acceptors (Lipinski definition) is 2. The standard InChI is InChI=1S/C14H18F3NO/c15-14(16,17)10-19-8-7-13(18)6-5-11-3-1-2-4-12(11)9-13/h1-4H,5-10,18H2. The summed E-state index contributed by atoms with van der Waals surface area (Å²) in [6.45, 7) is -1.14. The van der Waals surface area contributed by atoms with Gasteiger partial charge in [-0.2, -0.15) is 13.2 Å². The molecule has 1 aliphatic rings. The van der Waals surface area contributed by atoms with Crippen molar-refractivity contribution in [2.45, 2.75) is 37.4 Å². The first kappa shape index (κ1) is 14.3. The van der Waals surface area contributed by atoms with Crippen LogP contribution < -0.4 is 5.73 Å². The number of aryl methyl sites for hydroxylation is 1. The number of alkyl halides is 3. The van der Waals surface area contributed by atoms with Gasteiger partial charge in [0.05, 0.1) is 0 Å². The van der Waals surface area contributed by atoms with Crippen molar-refractivity contribution in [3.8, 4) is 0 Å². The highest BCUT2D eigenvalue weighted by molar-refractivity contribution is 5.32. The summed E-state index contributed by atoms with van der Waals surface area (Å²) in [5, 5.41) is 0. The summed E-state index contributed by atoms with van der Waals surface area (Å²) in [6.07, 6.45) is -1.43. The Labute approximate surface area is 110 Å². The van der Waals surface area contributed by atoms with E-state index in [1.165, 1.54) is 11.1 Å². The molecule has 19 heavy (non-hydrogen) atoms. The molecule has 1 unspecified atom stereocenters. The van der Waals surface area contributed by atoms with Gasteiger partial charge in [-0.3, -0.25) is 0 Å². The molecule has 1 aliphatic carbocycles. The predicted molar refractivity (Wildman–Crippen MR) is 66.9 cm³/mol. The molecule has 0 amide bonds. The molecule has 0 saturated carbocycles. The largest absolute Gasteiger partial charge is 0.411 e. The van der Waals surface area contributed by atoms with Crippen LogP contribution in [0.4, 0.5) is 13.2 Å². The fourth-order valence-electron chi connectivity index (χ4n) is 2.50. The Kier molecular flexibility index (Phi) is 4.16. The van der Waals surface area contributed by atoms with Crippen molar-refractivity contribution in [3.63, 3.8) is 0 Å². The van der Waals surface area contributed by atoms with Gasteiger partial charge in [0.15, 0.2) is 0 Å². The van der Waals surface area contributed by atoms with Gasteiger partial charge in [0.1, 0.15) is 6.61 Å². The van der Waals surface area contributed by atoms with E-state index < -0.39 is 18.3 Å². The summed E-state index contributed by atoms with van der Waals surface area (Å²) in [4.78, 5) is 0. The molecule has 0 saturated heterocycles. The Bertz CT molecular complexity index is 433. The molecule has 1 atom stereocenters. The maximum absolute atomic E-state index is 12.0. The zero-order valence-electron chi connectivity index (χ0n) is 10.7. The molecule has 2 nitrogen and oxygen atoms in total. The number of fused-ring (bicyclic) bond motifs is 1. The van der Waals surface area contributed by atoms with Crippen LogP contribution in [-0.4, -0.2) is 24.9 Å². The Morgan fingerprint density at radius 1 is 1.21 bits per heavy atom. The third-order valence-corrected chi connectivity index (χ3v) is 3.56. The van der Waals surface area contributed by atoms with Gasteiger partial charge in [-0.15, -0.1) is 0 Å². The van der Waals surface area contributed by atoms with Gasteiger partial charge in [-0.25, -0.2) is 0 Å². The van der Waals surface area contributed by atoms with Crippen molar-refractivity contribution in [3.05, 3.63) is 35.4 Å². The number of halogens is 3. The summed E-state index contributed by atoms with van der Waals surface area (Å²) in [5.41, 5.74) is 8.31. The van der Waals surface area contributed by atoms with Crippen LogP contribution in [0, 0.1) is 0 Å². The molecule has 5 heteroatoms. The molecule has 0 fully saturated rings. The third kappa shape index (κ3) is 4.21. The quantitative estimate of drug-likeness (QED) is 0.856. The number of rotatable bonds is 4. The van der Waals surface area contributed by atoms with E-state index in [-0.39, 0.29) is 6.61 Å². The molecule has 0 aromatic heterocycles. The minimum absolute atomic E-state index is 0.0537. The zero-order chi connectivity index (χ0) is 13.9. The van der Waals surface area contributed by atoms with Crippen LogP contribution in [0.15, 0.2) is 24.3 Å². The second-order valence-corrected chi connectivity index (χ2v) is 5.23. The number of ether oxygens (including phenoxy) is 1. The van der Waals surface area contributed by atoms with E-state index in [1.54, 1.807) is 0 Å². The normalized spacial score (nSPS) is 23.2. The lowest BCUT2D eigenvalue weighted by Crippen LogP contribution is -2.46. The Morgan fingerprint density at radius 3 is 2.58 bits per heavy atom. The molecular formula is C14H18F3NO. The van der Waals surface area contributed by atoms with Crippen LogP contribution in [0.3, 0.4) is 0 Å². The van der Waals surface area contributed by atoms with Gasteiger partial charge in [0.25, 0.3) is 0 Å². The van der Waals surface area contributed by atoms with E-state index in [9.17, 15) is 13.2 Å².